The zero-order valence-electron chi connectivity index (χ0n) is 10.5. The van der Waals surface area contributed by atoms with Crippen molar-refractivity contribution < 1.29 is 17.9 Å². The molecular weight excluding hydrogens is 278 g/mol. The Balaban J connectivity index is 2.08. The minimum Gasteiger partial charge on any atom is -0.489 e. The first-order valence-electron chi connectivity index (χ1n) is 5.79. The van der Waals surface area contributed by atoms with Crippen LogP contribution in [0.1, 0.15) is 15.9 Å². The van der Waals surface area contributed by atoms with E-state index in [1.165, 1.54) is 12.1 Å². The first-order valence-corrected chi connectivity index (χ1v) is 7.33. The molecule has 0 saturated carbocycles. The minimum absolute atomic E-state index is 0.0508. The number of rotatable bonds is 5. The molecule has 0 amide bonds. The quantitative estimate of drug-likeness (QED) is 0.850. The molecule has 0 saturated heterocycles. The summed E-state index contributed by atoms with van der Waals surface area (Å²) in [5.74, 6) is 0.594. The van der Waals surface area contributed by atoms with Gasteiger partial charge in [-0.3, -0.25) is 4.79 Å². The summed E-state index contributed by atoms with van der Waals surface area (Å²) < 4.78 is 28.0. The highest BCUT2D eigenvalue weighted by molar-refractivity contribution is 7.89. The summed E-state index contributed by atoms with van der Waals surface area (Å²) in [6.07, 6.45) is 0.749. The fourth-order valence-electron chi connectivity index (χ4n) is 1.62. The summed E-state index contributed by atoms with van der Waals surface area (Å²) in [5.41, 5.74) is 1.25. The first kappa shape index (κ1) is 14.2. The van der Waals surface area contributed by atoms with E-state index < -0.39 is 10.0 Å². The molecule has 2 rings (SSSR count). The van der Waals surface area contributed by atoms with Crippen molar-refractivity contribution in [1.82, 2.24) is 0 Å². The van der Waals surface area contributed by atoms with E-state index in [0.717, 1.165) is 6.29 Å². The van der Waals surface area contributed by atoms with Gasteiger partial charge in [-0.05, 0) is 42.0 Å². The lowest BCUT2D eigenvalue weighted by molar-refractivity contribution is 0.112. The molecule has 5 nitrogen and oxygen atoms in total. The Labute approximate surface area is 117 Å². The highest BCUT2D eigenvalue weighted by atomic mass is 32.2. The molecule has 2 aromatic rings. The van der Waals surface area contributed by atoms with E-state index in [-0.39, 0.29) is 11.5 Å². The molecule has 0 atom stereocenters. The highest BCUT2D eigenvalue weighted by Gasteiger charge is 2.08. The third-order valence-corrected chi connectivity index (χ3v) is 3.56. The number of primary sulfonamides is 1. The van der Waals surface area contributed by atoms with Crippen molar-refractivity contribution in [1.29, 1.82) is 0 Å². The standard InChI is InChI=1S/C14H13NO4S/c15-20(17,18)14-3-1-2-12(8-14)10-19-13-6-4-11(9-16)5-7-13/h1-9H,10H2,(H2,15,17,18). The molecule has 0 aliphatic heterocycles. The van der Waals surface area contributed by atoms with Crippen LogP contribution in [0.4, 0.5) is 0 Å². The van der Waals surface area contributed by atoms with Crippen LogP contribution in [0, 0.1) is 0 Å². The van der Waals surface area contributed by atoms with Crippen molar-refractivity contribution in [2.45, 2.75) is 11.5 Å². The number of benzene rings is 2. The van der Waals surface area contributed by atoms with Gasteiger partial charge in [0.25, 0.3) is 0 Å². The summed E-state index contributed by atoms with van der Waals surface area (Å²) in [4.78, 5) is 10.6. The van der Waals surface area contributed by atoms with Crippen LogP contribution in [0.5, 0.6) is 5.75 Å². The van der Waals surface area contributed by atoms with Crippen molar-refractivity contribution >= 4 is 16.3 Å². The SMILES string of the molecule is NS(=O)(=O)c1cccc(COc2ccc(C=O)cc2)c1. The summed E-state index contributed by atoms with van der Waals surface area (Å²) in [7, 11) is -3.71. The van der Waals surface area contributed by atoms with Gasteiger partial charge >= 0.3 is 0 Å². The van der Waals surface area contributed by atoms with E-state index in [1.807, 2.05) is 0 Å². The van der Waals surface area contributed by atoms with Crippen LogP contribution in [-0.4, -0.2) is 14.7 Å². The largest absolute Gasteiger partial charge is 0.489 e. The monoisotopic (exact) mass is 291 g/mol. The maximum atomic E-state index is 11.2. The van der Waals surface area contributed by atoms with Crippen molar-refractivity contribution in [3.05, 3.63) is 59.7 Å². The molecule has 0 aliphatic carbocycles. The second-order valence-corrected chi connectivity index (χ2v) is 5.73. The van der Waals surface area contributed by atoms with Gasteiger partial charge in [0.05, 0.1) is 4.90 Å². The van der Waals surface area contributed by atoms with E-state index in [1.54, 1.807) is 36.4 Å². The predicted molar refractivity (Wildman–Crippen MR) is 74.0 cm³/mol. The van der Waals surface area contributed by atoms with Gasteiger partial charge in [-0.15, -0.1) is 0 Å². The van der Waals surface area contributed by atoms with Crippen LogP contribution in [-0.2, 0) is 16.6 Å². The van der Waals surface area contributed by atoms with Crippen molar-refractivity contribution in [2.75, 3.05) is 0 Å². The van der Waals surface area contributed by atoms with Crippen LogP contribution in [0.2, 0.25) is 0 Å². The molecular formula is C14H13NO4S. The van der Waals surface area contributed by atoms with Gasteiger partial charge < -0.3 is 4.74 Å². The first-order chi connectivity index (χ1) is 9.49. The molecule has 104 valence electrons. The zero-order valence-corrected chi connectivity index (χ0v) is 11.3. The van der Waals surface area contributed by atoms with E-state index in [2.05, 4.69) is 0 Å². The molecule has 0 bridgehead atoms. The smallest absolute Gasteiger partial charge is 0.238 e. The molecule has 20 heavy (non-hydrogen) atoms. The molecule has 0 fully saturated rings. The van der Waals surface area contributed by atoms with Crippen LogP contribution in [0.25, 0.3) is 0 Å². The average molecular weight is 291 g/mol. The van der Waals surface area contributed by atoms with Gasteiger partial charge in [-0.2, -0.15) is 0 Å². The normalized spacial score (nSPS) is 11.1. The Morgan fingerprint density at radius 1 is 1.10 bits per heavy atom. The Kier molecular flexibility index (Phi) is 4.16. The molecule has 6 heteroatoms. The Hall–Kier alpha value is -2.18. The number of ether oxygens (including phenoxy) is 1. The fourth-order valence-corrected chi connectivity index (χ4v) is 2.21. The van der Waals surface area contributed by atoms with Gasteiger partial charge in [0.15, 0.2) is 0 Å². The Morgan fingerprint density at radius 3 is 2.40 bits per heavy atom. The van der Waals surface area contributed by atoms with Crippen LogP contribution in [0.3, 0.4) is 0 Å². The third kappa shape index (κ3) is 3.66. The van der Waals surface area contributed by atoms with E-state index >= 15 is 0 Å². The number of sulfonamides is 1. The lowest BCUT2D eigenvalue weighted by Gasteiger charge is -2.07. The van der Waals surface area contributed by atoms with Crippen LogP contribution >= 0.6 is 0 Å². The summed E-state index contributed by atoms with van der Waals surface area (Å²) in [6, 6.07) is 12.9. The van der Waals surface area contributed by atoms with Gasteiger partial charge in [0, 0.05) is 5.56 Å². The molecule has 2 aromatic carbocycles. The molecule has 0 aliphatic rings. The number of hydrogen-bond donors (Lipinski definition) is 1. The molecule has 0 radical (unpaired) electrons. The lowest BCUT2D eigenvalue weighted by Crippen LogP contribution is -2.12. The topological polar surface area (TPSA) is 86.5 Å². The van der Waals surface area contributed by atoms with E-state index in [9.17, 15) is 13.2 Å². The van der Waals surface area contributed by atoms with Crippen molar-refractivity contribution in [3.63, 3.8) is 0 Å². The number of hydrogen-bond acceptors (Lipinski definition) is 4. The number of aldehydes is 1. The maximum Gasteiger partial charge on any atom is 0.238 e. The van der Waals surface area contributed by atoms with Crippen LogP contribution < -0.4 is 9.88 Å². The second-order valence-electron chi connectivity index (χ2n) is 4.17. The number of nitrogens with two attached hydrogens (primary N) is 1. The molecule has 0 aromatic heterocycles. The van der Waals surface area contributed by atoms with Gasteiger partial charge in [-0.1, -0.05) is 12.1 Å². The predicted octanol–water partition coefficient (Wildman–Crippen LogP) is 1.73. The molecule has 0 heterocycles. The lowest BCUT2D eigenvalue weighted by atomic mass is 10.2. The van der Waals surface area contributed by atoms with Crippen molar-refractivity contribution in [3.8, 4) is 5.75 Å². The fraction of sp³-hybridized carbons (Fsp3) is 0.0714. The Bertz CT molecular complexity index is 708. The number of carbonyl (C=O) groups is 1. The third-order valence-electron chi connectivity index (χ3n) is 2.65. The highest BCUT2D eigenvalue weighted by Crippen LogP contribution is 2.15. The second kappa shape index (κ2) is 5.85. The molecule has 0 unspecified atom stereocenters. The maximum absolute atomic E-state index is 11.2. The van der Waals surface area contributed by atoms with Gasteiger partial charge in [0.2, 0.25) is 10.0 Å². The zero-order chi connectivity index (χ0) is 14.6. The van der Waals surface area contributed by atoms with Crippen LogP contribution in [0.15, 0.2) is 53.4 Å². The summed E-state index contributed by atoms with van der Waals surface area (Å²) >= 11 is 0. The molecule has 0 spiro atoms. The van der Waals surface area contributed by atoms with Crippen molar-refractivity contribution in [2.24, 2.45) is 5.14 Å². The minimum atomic E-state index is -3.71. The summed E-state index contributed by atoms with van der Waals surface area (Å²) in [5, 5.41) is 5.06. The Morgan fingerprint density at radius 2 is 1.80 bits per heavy atom. The number of carbonyl (C=O) groups excluding carboxylic acids is 1. The van der Waals surface area contributed by atoms with E-state index in [0.29, 0.717) is 16.9 Å². The van der Waals surface area contributed by atoms with E-state index in [4.69, 9.17) is 9.88 Å². The van der Waals surface area contributed by atoms with Gasteiger partial charge in [-0.25, -0.2) is 13.6 Å². The molecule has 2 N–H and O–H groups in total. The van der Waals surface area contributed by atoms with Gasteiger partial charge in [0.1, 0.15) is 18.6 Å². The average Bonchev–Trinajstić information content (AvgIpc) is 2.45. The summed E-state index contributed by atoms with van der Waals surface area (Å²) in [6.45, 7) is 0.212.